The van der Waals surface area contributed by atoms with Crippen LogP contribution in [0.1, 0.15) is 84.0 Å². The predicted molar refractivity (Wildman–Crippen MR) is 119 cm³/mol. The lowest BCUT2D eigenvalue weighted by Gasteiger charge is -2.37. The van der Waals surface area contributed by atoms with E-state index in [2.05, 4.69) is 31.2 Å². The molecule has 1 heterocycles. The monoisotopic (exact) mass is 442 g/mol. The quantitative estimate of drug-likeness (QED) is 0.165. The van der Waals surface area contributed by atoms with Crippen molar-refractivity contribution >= 4 is 5.97 Å². The number of allylic oxidation sites excluding steroid dienone is 4. The van der Waals surface area contributed by atoms with Gasteiger partial charge in [0.25, 0.3) is 0 Å². The van der Waals surface area contributed by atoms with E-state index in [1.807, 2.05) is 0 Å². The molecule has 7 nitrogen and oxygen atoms in total. The smallest absolute Gasteiger partial charge is 0.305 e. The van der Waals surface area contributed by atoms with Crippen molar-refractivity contribution in [3.05, 3.63) is 24.3 Å². The maximum absolute atomic E-state index is 11.8. The lowest BCUT2D eigenvalue weighted by atomic mass is 9.99. The van der Waals surface area contributed by atoms with Crippen LogP contribution in [0.25, 0.3) is 0 Å². The average molecular weight is 443 g/mol. The number of aliphatic hydroxyl groups excluding tert-OH is 4. The summed E-state index contributed by atoms with van der Waals surface area (Å²) in [6, 6.07) is 0. The summed E-state index contributed by atoms with van der Waals surface area (Å²) in [5.41, 5.74) is 0. The van der Waals surface area contributed by atoms with Gasteiger partial charge < -0.3 is 29.9 Å². The Morgan fingerprint density at radius 3 is 2.10 bits per heavy atom. The highest BCUT2D eigenvalue weighted by atomic mass is 16.6. The van der Waals surface area contributed by atoms with Crippen molar-refractivity contribution in [2.24, 2.45) is 0 Å². The van der Waals surface area contributed by atoms with Crippen molar-refractivity contribution in [1.82, 2.24) is 0 Å². The molecule has 7 heteroatoms. The summed E-state index contributed by atoms with van der Waals surface area (Å²) in [7, 11) is 0. The van der Waals surface area contributed by atoms with Crippen LogP contribution >= 0.6 is 0 Å². The van der Waals surface area contributed by atoms with E-state index in [9.17, 15) is 25.2 Å². The molecule has 0 aromatic heterocycles. The van der Waals surface area contributed by atoms with Crippen molar-refractivity contribution in [3.63, 3.8) is 0 Å². The summed E-state index contributed by atoms with van der Waals surface area (Å²) in [5, 5.41) is 38.3. The Bertz CT molecular complexity index is 520. The summed E-state index contributed by atoms with van der Waals surface area (Å²) in [4.78, 5) is 11.8. The Hall–Kier alpha value is -1.25. The van der Waals surface area contributed by atoms with E-state index in [0.717, 1.165) is 44.9 Å². The van der Waals surface area contributed by atoms with Gasteiger partial charge in [-0.1, -0.05) is 63.3 Å². The van der Waals surface area contributed by atoms with Gasteiger partial charge in [-0.25, -0.2) is 0 Å². The van der Waals surface area contributed by atoms with Crippen LogP contribution in [0.4, 0.5) is 0 Å². The highest BCUT2D eigenvalue weighted by Gasteiger charge is 2.43. The highest BCUT2D eigenvalue weighted by Crippen LogP contribution is 2.20. The summed E-state index contributed by atoms with van der Waals surface area (Å²) in [5.74, 6) is -0.406. The van der Waals surface area contributed by atoms with E-state index in [-0.39, 0.29) is 13.0 Å². The first-order chi connectivity index (χ1) is 15.0. The van der Waals surface area contributed by atoms with E-state index < -0.39 is 36.7 Å². The molecule has 180 valence electrons. The van der Waals surface area contributed by atoms with Crippen LogP contribution in [0, 0.1) is 0 Å². The van der Waals surface area contributed by atoms with E-state index >= 15 is 0 Å². The Balaban J connectivity index is 1.96. The Morgan fingerprint density at radius 1 is 0.806 bits per heavy atom. The number of ether oxygens (including phenoxy) is 2. The van der Waals surface area contributed by atoms with Gasteiger partial charge in [-0.2, -0.15) is 0 Å². The van der Waals surface area contributed by atoms with Crippen molar-refractivity contribution in [3.8, 4) is 0 Å². The van der Waals surface area contributed by atoms with E-state index in [4.69, 9.17) is 9.47 Å². The minimum atomic E-state index is -1.62. The number of hydrogen-bond acceptors (Lipinski definition) is 7. The van der Waals surface area contributed by atoms with Crippen molar-refractivity contribution in [2.75, 3.05) is 6.61 Å². The van der Waals surface area contributed by atoms with E-state index in [0.29, 0.717) is 0 Å². The Morgan fingerprint density at radius 2 is 1.42 bits per heavy atom. The van der Waals surface area contributed by atoms with Crippen LogP contribution in [-0.4, -0.2) is 63.7 Å². The zero-order chi connectivity index (χ0) is 22.9. The largest absolute Gasteiger partial charge is 0.463 e. The fourth-order valence-corrected chi connectivity index (χ4v) is 3.40. The van der Waals surface area contributed by atoms with Gasteiger partial charge in [0.15, 0.2) is 6.29 Å². The first-order valence-electron chi connectivity index (χ1n) is 11.8. The standard InChI is InChI=1S/C24H42O7/c1-2-3-4-5-6-7-8-9-10-11-12-13-14-15-16-17-20(25)30-18-19-21(26)22(27)23(28)24(29)31-19/h6-7,9-10,19,21-24,26-29H,2-5,8,11-18H2,1H3/b7-6-,10-9-. The Kier molecular flexibility index (Phi) is 15.5. The number of aliphatic hydroxyl groups is 4. The zero-order valence-corrected chi connectivity index (χ0v) is 18.9. The van der Waals surface area contributed by atoms with E-state index in [1.165, 1.54) is 25.7 Å². The molecule has 31 heavy (non-hydrogen) atoms. The molecule has 0 bridgehead atoms. The minimum absolute atomic E-state index is 0.277. The summed E-state index contributed by atoms with van der Waals surface area (Å²) < 4.78 is 10.0. The van der Waals surface area contributed by atoms with Crippen LogP contribution in [0.15, 0.2) is 24.3 Å². The number of carbonyl (C=O) groups is 1. The van der Waals surface area contributed by atoms with Crippen LogP contribution in [0.5, 0.6) is 0 Å². The Labute approximate surface area is 186 Å². The zero-order valence-electron chi connectivity index (χ0n) is 18.9. The molecule has 0 aromatic rings. The van der Waals surface area contributed by atoms with Gasteiger partial charge in [-0.05, 0) is 38.5 Å². The number of rotatable bonds is 16. The fourth-order valence-electron chi connectivity index (χ4n) is 3.40. The molecule has 0 saturated carbocycles. The second kappa shape index (κ2) is 17.3. The normalized spacial score (nSPS) is 26.7. The molecule has 0 aliphatic carbocycles. The molecule has 0 amide bonds. The maximum Gasteiger partial charge on any atom is 0.305 e. The first kappa shape index (κ1) is 27.8. The third kappa shape index (κ3) is 12.4. The van der Waals surface area contributed by atoms with Gasteiger partial charge in [-0.15, -0.1) is 0 Å². The van der Waals surface area contributed by atoms with E-state index in [1.54, 1.807) is 0 Å². The molecular weight excluding hydrogens is 400 g/mol. The minimum Gasteiger partial charge on any atom is -0.463 e. The molecule has 1 saturated heterocycles. The van der Waals surface area contributed by atoms with Crippen molar-refractivity contribution < 1.29 is 34.7 Å². The van der Waals surface area contributed by atoms with Gasteiger partial charge in [0.2, 0.25) is 0 Å². The number of hydrogen-bond donors (Lipinski definition) is 4. The lowest BCUT2D eigenvalue weighted by molar-refractivity contribution is -0.287. The molecule has 0 radical (unpaired) electrons. The van der Waals surface area contributed by atoms with Gasteiger partial charge in [0.1, 0.15) is 31.0 Å². The van der Waals surface area contributed by atoms with Crippen LogP contribution < -0.4 is 0 Å². The molecule has 0 aromatic carbocycles. The molecule has 1 aliphatic rings. The van der Waals surface area contributed by atoms with Gasteiger partial charge >= 0.3 is 5.97 Å². The lowest BCUT2D eigenvalue weighted by Crippen LogP contribution is -2.58. The number of esters is 1. The molecule has 5 atom stereocenters. The average Bonchev–Trinajstić information content (AvgIpc) is 2.76. The van der Waals surface area contributed by atoms with Crippen molar-refractivity contribution in [2.45, 2.75) is 115 Å². The highest BCUT2D eigenvalue weighted by molar-refractivity contribution is 5.69. The number of unbranched alkanes of at least 4 members (excludes halogenated alkanes) is 8. The molecule has 4 N–H and O–H groups in total. The predicted octanol–water partition coefficient (Wildman–Crippen LogP) is 3.14. The van der Waals surface area contributed by atoms with Crippen LogP contribution in [0.3, 0.4) is 0 Å². The molecule has 1 fully saturated rings. The molecule has 1 aliphatic heterocycles. The van der Waals surface area contributed by atoms with Crippen molar-refractivity contribution in [1.29, 1.82) is 0 Å². The summed E-state index contributed by atoms with van der Waals surface area (Å²) in [6.07, 6.45) is 14.2. The summed E-state index contributed by atoms with van der Waals surface area (Å²) in [6.45, 7) is 1.94. The maximum atomic E-state index is 11.8. The second-order valence-corrected chi connectivity index (χ2v) is 8.20. The topological polar surface area (TPSA) is 116 Å². The van der Waals surface area contributed by atoms with Crippen LogP contribution in [0.2, 0.25) is 0 Å². The molecule has 5 unspecified atom stereocenters. The SMILES string of the molecule is CCCCC/C=C\C/C=C\CCCCCCCC(=O)OCC1OC(O)C(O)C(O)C1O. The van der Waals surface area contributed by atoms with Gasteiger partial charge in [0.05, 0.1) is 0 Å². The van der Waals surface area contributed by atoms with Gasteiger partial charge in [-0.3, -0.25) is 4.79 Å². The summed E-state index contributed by atoms with van der Waals surface area (Å²) >= 11 is 0. The first-order valence-corrected chi connectivity index (χ1v) is 11.8. The molecular formula is C24H42O7. The number of carbonyl (C=O) groups excluding carboxylic acids is 1. The molecule has 1 rings (SSSR count). The molecule has 0 spiro atoms. The third-order valence-electron chi connectivity index (χ3n) is 5.43. The fraction of sp³-hybridized carbons (Fsp3) is 0.792. The second-order valence-electron chi connectivity index (χ2n) is 8.20. The van der Waals surface area contributed by atoms with Crippen LogP contribution in [-0.2, 0) is 14.3 Å². The van der Waals surface area contributed by atoms with Gasteiger partial charge in [0, 0.05) is 6.42 Å². The third-order valence-corrected chi connectivity index (χ3v) is 5.43.